The lowest BCUT2D eigenvalue weighted by Crippen LogP contribution is -2.50. The van der Waals surface area contributed by atoms with Crippen molar-refractivity contribution >= 4 is 34.6 Å². The fourth-order valence-electron chi connectivity index (χ4n) is 4.29. The van der Waals surface area contributed by atoms with Gasteiger partial charge in [0, 0.05) is 16.1 Å². The average Bonchev–Trinajstić information content (AvgIpc) is 2.88. The summed E-state index contributed by atoms with van der Waals surface area (Å²) >= 11 is 5.98. The fourth-order valence-corrected chi connectivity index (χ4v) is 4.41. The Labute approximate surface area is 164 Å². The van der Waals surface area contributed by atoms with Crippen LogP contribution in [0.4, 0.5) is 11.4 Å². The van der Waals surface area contributed by atoms with Crippen molar-refractivity contribution in [3.05, 3.63) is 52.5 Å². The first kappa shape index (κ1) is 18.1. The van der Waals surface area contributed by atoms with E-state index in [1.807, 2.05) is 30.0 Å². The molecular weight excluding hydrogens is 360 g/mol. The van der Waals surface area contributed by atoms with Crippen molar-refractivity contribution in [1.82, 2.24) is 0 Å². The van der Waals surface area contributed by atoms with E-state index in [4.69, 9.17) is 21.3 Å². The highest BCUT2D eigenvalue weighted by Crippen LogP contribution is 2.50. The van der Waals surface area contributed by atoms with E-state index in [1.54, 1.807) is 12.1 Å². The summed E-state index contributed by atoms with van der Waals surface area (Å²) < 4.78 is 5.78. The Bertz CT molecular complexity index is 948. The molecule has 2 aromatic rings. The third-order valence-electron chi connectivity index (χ3n) is 5.32. The Balaban J connectivity index is 1.94. The second kappa shape index (κ2) is 6.38. The third kappa shape index (κ3) is 2.92. The van der Waals surface area contributed by atoms with Gasteiger partial charge < -0.3 is 9.64 Å². The van der Waals surface area contributed by atoms with E-state index in [-0.39, 0.29) is 11.4 Å². The molecule has 0 bridgehead atoms. The maximum absolute atomic E-state index is 13.4. The number of nitrogens with zero attached hydrogens (tertiary/aromatic N) is 2. The van der Waals surface area contributed by atoms with Crippen LogP contribution >= 0.6 is 11.6 Å². The van der Waals surface area contributed by atoms with Gasteiger partial charge in [0.1, 0.15) is 11.5 Å². The summed E-state index contributed by atoms with van der Waals surface area (Å²) in [5, 5.41) is 0.646. The van der Waals surface area contributed by atoms with Crippen molar-refractivity contribution in [3.8, 4) is 5.75 Å². The molecule has 0 saturated carbocycles. The molecule has 5 heteroatoms. The van der Waals surface area contributed by atoms with E-state index in [2.05, 4.69) is 26.8 Å². The van der Waals surface area contributed by atoms with Gasteiger partial charge in [0.05, 0.1) is 18.0 Å². The molecule has 2 heterocycles. The van der Waals surface area contributed by atoms with Gasteiger partial charge in [-0.1, -0.05) is 18.5 Å². The molecule has 0 spiro atoms. The average molecular weight is 383 g/mol. The van der Waals surface area contributed by atoms with Crippen LogP contribution < -0.4 is 9.64 Å². The molecule has 0 saturated heterocycles. The smallest absolute Gasteiger partial charge is 0.278 e. The molecule has 1 atom stereocenters. The number of rotatable bonds is 3. The Kier molecular flexibility index (Phi) is 4.26. The first-order valence-electron chi connectivity index (χ1n) is 9.31. The summed E-state index contributed by atoms with van der Waals surface area (Å²) in [6, 6.07) is 11.2. The number of halogens is 1. The number of aliphatic imine (C=N–C) groups is 1. The monoisotopic (exact) mass is 382 g/mol. The maximum atomic E-state index is 13.4. The zero-order valence-electron chi connectivity index (χ0n) is 16.0. The molecule has 0 N–H and O–H groups in total. The summed E-state index contributed by atoms with van der Waals surface area (Å²) in [5.41, 5.74) is 3.92. The molecule has 2 aromatic carbocycles. The van der Waals surface area contributed by atoms with Gasteiger partial charge >= 0.3 is 0 Å². The molecule has 2 aliphatic heterocycles. The van der Waals surface area contributed by atoms with Gasteiger partial charge in [-0.2, -0.15) is 0 Å². The number of ether oxygens (including phenoxy) is 1. The van der Waals surface area contributed by atoms with Gasteiger partial charge in [-0.25, -0.2) is 4.99 Å². The van der Waals surface area contributed by atoms with Crippen LogP contribution in [0.5, 0.6) is 5.75 Å². The van der Waals surface area contributed by atoms with Crippen LogP contribution in [0, 0.1) is 0 Å². The zero-order chi connectivity index (χ0) is 19.3. The highest BCUT2D eigenvalue weighted by molar-refractivity contribution is 6.55. The topological polar surface area (TPSA) is 41.9 Å². The summed E-state index contributed by atoms with van der Waals surface area (Å²) in [6.45, 7) is 9.00. The fraction of sp³-hybridized carbons (Fsp3) is 0.364. The van der Waals surface area contributed by atoms with Gasteiger partial charge in [-0.05, 0) is 75.1 Å². The van der Waals surface area contributed by atoms with Crippen molar-refractivity contribution in [2.75, 3.05) is 11.5 Å². The van der Waals surface area contributed by atoms with Crippen LogP contribution in [-0.4, -0.2) is 23.8 Å². The first-order valence-corrected chi connectivity index (χ1v) is 9.69. The molecule has 0 radical (unpaired) electrons. The van der Waals surface area contributed by atoms with Crippen LogP contribution in [0.1, 0.15) is 51.2 Å². The van der Waals surface area contributed by atoms with Crippen molar-refractivity contribution < 1.29 is 9.53 Å². The number of hydrogen-bond acceptors (Lipinski definition) is 3. The molecule has 0 aliphatic carbocycles. The molecule has 0 unspecified atom stereocenters. The molecular formula is C22H23ClN2O2. The number of carbonyl (C=O) groups is 1. The Morgan fingerprint density at radius 2 is 1.96 bits per heavy atom. The molecule has 4 rings (SSSR count). The predicted molar refractivity (Wildman–Crippen MR) is 110 cm³/mol. The minimum absolute atomic E-state index is 0.0493. The summed E-state index contributed by atoms with van der Waals surface area (Å²) in [4.78, 5) is 20.0. The van der Waals surface area contributed by atoms with E-state index < -0.39 is 0 Å². The molecule has 27 heavy (non-hydrogen) atoms. The quantitative estimate of drug-likeness (QED) is 0.704. The standard InChI is InChI=1S/C22H23ClN2O2/c1-5-27-16-10-17-13(2)12-22(3,4)25-20(17)18(11-16)19(21(25)26)24-15-8-6-14(23)7-9-15/h6-11,13H,5,12H2,1-4H3/t13-/m1/s1. The number of anilines is 1. The molecule has 2 aliphatic rings. The van der Waals surface area contributed by atoms with Crippen LogP contribution in [0.15, 0.2) is 41.4 Å². The maximum Gasteiger partial charge on any atom is 0.278 e. The van der Waals surface area contributed by atoms with E-state index in [1.165, 1.54) is 0 Å². The van der Waals surface area contributed by atoms with Crippen LogP contribution in [-0.2, 0) is 4.79 Å². The second-order valence-electron chi connectivity index (χ2n) is 7.84. The molecule has 0 fully saturated rings. The SMILES string of the molecule is CCOc1cc2c3c(c1)[C@H](C)CC(C)(C)N3C(=O)C2=Nc1ccc(Cl)cc1. The van der Waals surface area contributed by atoms with Gasteiger partial charge in [0.25, 0.3) is 5.91 Å². The normalized spacial score (nSPS) is 21.5. The molecule has 0 aromatic heterocycles. The molecule has 140 valence electrons. The lowest BCUT2D eigenvalue weighted by molar-refractivity contribution is -0.113. The number of hydrogen-bond donors (Lipinski definition) is 0. The Morgan fingerprint density at radius 3 is 2.63 bits per heavy atom. The number of benzene rings is 2. The Hall–Kier alpha value is -2.33. The van der Waals surface area contributed by atoms with Crippen LogP contribution in [0.3, 0.4) is 0 Å². The van der Waals surface area contributed by atoms with Crippen LogP contribution in [0.2, 0.25) is 5.02 Å². The van der Waals surface area contributed by atoms with Crippen molar-refractivity contribution in [3.63, 3.8) is 0 Å². The summed E-state index contributed by atoms with van der Waals surface area (Å²) in [5.74, 6) is 1.08. The van der Waals surface area contributed by atoms with E-state index >= 15 is 0 Å². The summed E-state index contributed by atoms with van der Waals surface area (Å²) in [6.07, 6.45) is 0.898. The molecule has 1 amide bonds. The lowest BCUT2D eigenvalue weighted by Gasteiger charge is -2.43. The van der Waals surface area contributed by atoms with Crippen molar-refractivity contribution in [1.29, 1.82) is 0 Å². The van der Waals surface area contributed by atoms with Crippen molar-refractivity contribution in [2.24, 2.45) is 4.99 Å². The first-order chi connectivity index (χ1) is 12.8. The number of amides is 1. The van der Waals surface area contributed by atoms with E-state index in [0.717, 1.165) is 29.0 Å². The van der Waals surface area contributed by atoms with Gasteiger partial charge in [0.2, 0.25) is 0 Å². The minimum atomic E-state index is -0.261. The second-order valence-corrected chi connectivity index (χ2v) is 8.27. The van der Waals surface area contributed by atoms with Crippen molar-refractivity contribution in [2.45, 2.75) is 45.6 Å². The highest BCUT2D eigenvalue weighted by Gasteiger charge is 2.48. The van der Waals surface area contributed by atoms with E-state index in [9.17, 15) is 4.79 Å². The number of carbonyl (C=O) groups excluding carboxylic acids is 1. The summed E-state index contributed by atoms with van der Waals surface area (Å²) in [7, 11) is 0. The van der Waals surface area contributed by atoms with Crippen LogP contribution in [0.25, 0.3) is 0 Å². The van der Waals surface area contributed by atoms with Gasteiger partial charge in [-0.15, -0.1) is 0 Å². The van der Waals surface area contributed by atoms with E-state index in [0.29, 0.717) is 28.9 Å². The Morgan fingerprint density at radius 1 is 1.26 bits per heavy atom. The largest absolute Gasteiger partial charge is 0.494 e. The predicted octanol–water partition coefficient (Wildman–Crippen LogP) is 5.49. The van der Waals surface area contributed by atoms with Gasteiger partial charge in [0.15, 0.2) is 0 Å². The zero-order valence-corrected chi connectivity index (χ0v) is 16.8. The minimum Gasteiger partial charge on any atom is -0.494 e. The molecule has 4 nitrogen and oxygen atoms in total. The third-order valence-corrected chi connectivity index (χ3v) is 5.57. The highest BCUT2D eigenvalue weighted by atomic mass is 35.5. The van der Waals surface area contributed by atoms with Gasteiger partial charge in [-0.3, -0.25) is 4.79 Å². The lowest BCUT2D eigenvalue weighted by atomic mass is 9.80.